The molecule has 1 atom stereocenters. The molecule has 0 aliphatic rings. The van der Waals surface area contributed by atoms with E-state index in [0.717, 1.165) is 5.56 Å². The topological polar surface area (TPSA) is 29.1 Å². The Kier molecular flexibility index (Phi) is 4.84. The second kappa shape index (κ2) is 5.74. The fourth-order valence-electron chi connectivity index (χ4n) is 1.29. The SMILES string of the molecule is CC(NC(=O)C(C)(C)CCl)c1ccc(Cl)cc1. The summed E-state index contributed by atoms with van der Waals surface area (Å²) in [5.41, 5.74) is 0.468. The van der Waals surface area contributed by atoms with Crippen LogP contribution in [0.1, 0.15) is 32.4 Å². The lowest BCUT2D eigenvalue weighted by Gasteiger charge is -2.24. The first-order valence-electron chi connectivity index (χ1n) is 5.49. The predicted molar refractivity (Wildman–Crippen MR) is 72.5 cm³/mol. The second-order valence-corrected chi connectivity index (χ2v) is 5.47. The first-order valence-corrected chi connectivity index (χ1v) is 6.40. The van der Waals surface area contributed by atoms with Crippen LogP contribution >= 0.6 is 23.2 Å². The van der Waals surface area contributed by atoms with Crippen molar-refractivity contribution in [2.45, 2.75) is 26.8 Å². The lowest BCUT2D eigenvalue weighted by atomic mass is 9.94. The van der Waals surface area contributed by atoms with E-state index in [1.165, 1.54) is 0 Å². The molecule has 0 aromatic heterocycles. The van der Waals surface area contributed by atoms with E-state index in [0.29, 0.717) is 10.9 Å². The molecule has 94 valence electrons. The zero-order valence-corrected chi connectivity index (χ0v) is 11.8. The number of halogens is 2. The lowest BCUT2D eigenvalue weighted by molar-refractivity contribution is -0.129. The molecular formula is C13H17Cl2NO. The highest BCUT2D eigenvalue weighted by molar-refractivity contribution is 6.30. The second-order valence-electron chi connectivity index (χ2n) is 4.76. The third-order valence-corrected chi connectivity index (χ3v) is 3.59. The van der Waals surface area contributed by atoms with Gasteiger partial charge in [-0.15, -0.1) is 11.6 Å². The van der Waals surface area contributed by atoms with Crippen molar-refractivity contribution in [1.82, 2.24) is 5.32 Å². The minimum Gasteiger partial charge on any atom is -0.349 e. The van der Waals surface area contributed by atoms with E-state index in [-0.39, 0.29) is 11.9 Å². The molecule has 0 saturated heterocycles. The number of carbonyl (C=O) groups excluding carboxylic acids is 1. The number of hydrogen-bond acceptors (Lipinski definition) is 1. The van der Waals surface area contributed by atoms with Gasteiger partial charge < -0.3 is 5.32 Å². The quantitative estimate of drug-likeness (QED) is 0.832. The Bertz CT molecular complexity index is 387. The first-order chi connectivity index (χ1) is 7.86. The highest BCUT2D eigenvalue weighted by atomic mass is 35.5. The van der Waals surface area contributed by atoms with Crippen molar-refractivity contribution in [1.29, 1.82) is 0 Å². The lowest BCUT2D eigenvalue weighted by Crippen LogP contribution is -2.39. The summed E-state index contributed by atoms with van der Waals surface area (Å²) in [6, 6.07) is 7.38. The third kappa shape index (κ3) is 3.90. The molecule has 0 spiro atoms. The Balaban J connectivity index is 2.70. The van der Waals surface area contributed by atoms with E-state index in [1.807, 2.05) is 45.0 Å². The van der Waals surface area contributed by atoms with Gasteiger partial charge in [0.1, 0.15) is 0 Å². The summed E-state index contributed by atoms with van der Waals surface area (Å²) in [5.74, 6) is 0.251. The molecule has 1 unspecified atom stereocenters. The molecule has 1 rings (SSSR count). The number of nitrogens with one attached hydrogen (secondary N) is 1. The van der Waals surface area contributed by atoms with Crippen molar-refractivity contribution in [3.63, 3.8) is 0 Å². The van der Waals surface area contributed by atoms with Crippen molar-refractivity contribution >= 4 is 29.1 Å². The van der Waals surface area contributed by atoms with Gasteiger partial charge in [-0.2, -0.15) is 0 Å². The van der Waals surface area contributed by atoms with Crippen molar-refractivity contribution in [3.05, 3.63) is 34.9 Å². The van der Waals surface area contributed by atoms with Crippen LogP contribution in [0.25, 0.3) is 0 Å². The molecule has 0 saturated carbocycles. The molecule has 0 heterocycles. The van der Waals surface area contributed by atoms with Gasteiger partial charge in [-0.05, 0) is 38.5 Å². The van der Waals surface area contributed by atoms with Crippen LogP contribution in [-0.4, -0.2) is 11.8 Å². The average molecular weight is 274 g/mol. The zero-order valence-electron chi connectivity index (χ0n) is 10.3. The molecular weight excluding hydrogens is 257 g/mol. The fourth-order valence-corrected chi connectivity index (χ4v) is 1.53. The Morgan fingerprint density at radius 2 is 1.88 bits per heavy atom. The van der Waals surface area contributed by atoms with E-state index in [9.17, 15) is 4.79 Å². The van der Waals surface area contributed by atoms with E-state index < -0.39 is 5.41 Å². The van der Waals surface area contributed by atoms with E-state index >= 15 is 0 Å². The van der Waals surface area contributed by atoms with Crippen LogP contribution in [0.5, 0.6) is 0 Å². The van der Waals surface area contributed by atoms with E-state index in [1.54, 1.807) is 0 Å². The van der Waals surface area contributed by atoms with Gasteiger partial charge in [0.25, 0.3) is 0 Å². The van der Waals surface area contributed by atoms with Gasteiger partial charge in [0.15, 0.2) is 0 Å². The smallest absolute Gasteiger partial charge is 0.227 e. The van der Waals surface area contributed by atoms with Gasteiger partial charge in [0.2, 0.25) is 5.91 Å². The predicted octanol–water partition coefficient (Wildman–Crippen LogP) is 3.78. The molecule has 1 amide bonds. The summed E-state index contributed by atoms with van der Waals surface area (Å²) >= 11 is 11.6. The van der Waals surface area contributed by atoms with Gasteiger partial charge in [0.05, 0.1) is 11.5 Å². The molecule has 0 radical (unpaired) electrons. The summed E-state index contributed by atoms with van der Waals surface area (Å²) in [6.07, 6.45) is 0. The molecule has 1 aromatic rings. The number of benzene rings is 1. The molecule has 4 heteroatoms. The highest BCUT2D eigenvalue weighted by Gasteiger charge is 2.27. The van der Waals surface area contributed by atoms with Gasteiger partial charge in [0, 0.05) is 10.9 Å². The van der Waals surface area contributed by atoms with Gasteiger partial charge in [-0.25, -0.2) is 0 Å². The molecule has 0 aliphatic heterocycles. The Labute approximate surface area is 112 Å². The molecule has 17 heavy (non-hydrogen) atoms. The first kappa shape index (κ1) is 14.3. The number of rotatable bonds is 4. The van der Waals surface area contributed by atoms with Gasteiger partial charge in [-0.3, -0.25) is 4.79 Å². The van der Waals surface area contributed by atoms with Crippen LogP contribution in [-0.2, 0) is 4.79 Å². The van der Waals surface area contributed by atoms with E-state index in [4.69, 9.17) is 23.2 Å². The monoisotopic (exact) mass is 273 g/mol. The molecule has 1 aromatic carbocycles. The number of alkyl halides is 1. The summed E-state index contributed by atoms with van der Waals surface area (Å²) in [5, 5.41) is 3.63. The molecule has 1 N–H and O–H groups in total. The number of hydrogen-bond donors (Lipinski definition) is 1. The minimum atomic E-state index is -0.553. The summed E-state index contributed by atoms with van der Waals surface area (Å²) in [6.45, 7) is 5.58. The van der Waals surface area contributed by atoms with Crippen LogP contribution in [0.2, 0.25) is 5.02 Å². The Hall–Kier alpha value is -0.730. The Morgan fingerprint density at radius 1 is 1.35 bits per heavy atom. The standard InChI is InChI=1S/C13H17Cl2NO/c1-9(10-4-6-11(15)7-5-10)16-12(17)13(2,3)8-14/h4-7,9H,8H2,1-3H3,(H,16,17). The van der Waals surface area contributed by atoms with Crippen LogP contribution in [0.4, 0.5) is 0 Å². The maximum absolute atomic E-state index is 11.9. The van der Waals surface area contributed by atoms with Gasteiger partial charge >= 0.3 is 0 Å². The maximum Gasteiger partial charge on any atom is 0.227 e. The van der Waals surface area contributed by atoms with Crippen LogP contribution in [0.3, 0.4) is 0 Å². The van der Waals surface area contributed by atoms with Crippen LogP contribution in [0.15, 0.2) is 24.3 Å². The van der Waals surface area contributed by atoms with Crippen molar-refractivity contribution in [3.8, 4) is 0 Å². The maximum atomic E-state index is 11.9. The normalized spacial score (nSPS) is 13.2. The molecule has 0 aliphatic carbocycles. The molecule has 0 bridgehead atoms. The van der Waals surface area contributed by atoms with Crippen molar-refractivity contribution in [2.75, 3.05) is 5.88 Å². The number of amides is 1. The highest BCUT2D eigenvalue weighted by Crippen LogP contribution is 2.21. The van der Waals surface area contributed by atoms with Crippen molar-refractivity contribution in [2.24, 2.45) is 5.41 Å². The fraction of sp³-hybridized carbons (Fsp3) is 0.462. The van der Waals surface area contributed by atoms with Crippen molar-refractivity contribution < 1.29 is 4.79 Å². The summed E-state index contributed by atoms with van der Waals surface area (Å²) in [7, 11) is 0. The minimum absolute atomic E-state index is 0.0463. The molecule has 0 fully saturated rings. The number of carbonyl (C=O) groups is 1. The summed E-state index contributed by atoms with van der Waals surface area (Å²) in [4.78, 5) is 11.9. The van der Waals surface area contributed by atoms with Gasteiger partial charge in [-0.1, -0.05) is 23.7 Å². The third-order valence-electron chi connectivity index (χ3n) is 2.67. The largest absolute Gasteiger partial charge is 0.349 e. The van der Waals surface area contributed by atoms with Crippen LogP contribution in [0, 0.1) is 5.41 Å². The van der Waals surface area contributed by atoms with Crippen LogP contribution < -0.4 is 5.32 Å². The van der Waals surface area contributed by atoms with E-state index in [2.05, 4.69) is 5.32 Å². The zero-order chi connectivity index (χ0) is 13.1. The molecule has 2 nitrogen and oxygen atoms in total. The average Bonchev–Trinajstić information content (AvgIpc) is 2.29. The Morgan fingerprint density at radius 3 is 2.35 bits per heavy atom. The summed E-state index contributed by atoms with van der Waals surface area (Å²) < 4.78 is 0.